The van der Waals surface area contributed by atoms with Gasteiger partial charge in [0.05, 0.1) is 11.7 Å². The van der Waals surface area contributed by atoms with Crippen molar-refractivity contribution in [1.29, 1.82) is 0 Å². The molecule has 1 aromatic heterocycles. The molecule has 1 saturated heterocycles. The molecule has 0 radical (unpaired) electrons. The van der Waals surface area contributed by atoms with Crippen molar-refractivity contribution in [1.82, 2.24) is 14.1 Å². The zero-order valence-corrected chi connectivity index (χ0v) is 11.1. The molecular weight excluding hydrogens is 254 g/mol. The van der Waals surface area contributed by atoms with Crippen LogP contribution in [0, 0.1) is 5.92 Å². The molecule has 0 bridgehead atoms. The van der Waals surface area contributed by atoms with Gasteiger partial charge in [0.15, 0.2) is 0 Å². The molecule has 1 unspecified atom stereocenters. The Kier molecular flexibility index (Phi) is 5.79. The van der Waals surface area contributed by atoms with E-state index in [0.29, 0.717) is 18.3 Å². The van der Waals surface area contributed by atoms with Crippen LogP contribution in [0.4, 0.5) is 0 Å². The van der Waals surface area contributed by atoms with Crippen molar-refractivity contribution < 1.29 is 14.6 Å². The molecule has 1 aromatic rings. The number of aromatic nitrogens is 2. The van der Waals surface area contributed by atoms with E-state index in [-0.39, 0.29) is 6.61 Å². The highest BCUT2D eigenvalue weighted by Crippen LogP contribution is 2.13. The lowest BCUT2D eigenvalue weighted by Gasteiger charge is -2.22. The smallest absolute Gasteiger partial charge is 0.245 e. The van der Waals surface area contributed by atoms with Crippen molar-refractivity contribution in [3.8, 4) is 5.88 Å². The Bertz CT molecular complexity index is 317. The highest BCUT2D eigenvalue weighted by molar-refractivity contribution is 6.99. The van der Waals surface area contributed by atoms with E-state index in [1.54, 1.807) is 6.20 Å². The van der Waals surface area contributed by atoms with Crippen LogP contribution in [0.5, 0.6) is 5.88 Å². The fourth-order valence-electron chi connectivity index (χ4n) is 1.86. The van der Waals surface area contributed by atoms with Gasteiger partial charge in [-0.2, -0.15) is 4.37 Å². The summed E-state index contributed by atoms with van der Waals surface area (Å²) in [5, 5.41) is 13.0. The van der Waals surface area contributed by atoms with E-state index in [1.807, 2.05) is 0 Å². The molecule has 1 fully saturated rings. The van der Waals surface area contributed by atoms with Crippen LogP contribution in [0.15, 0.2) is 6.20 Å². The molecule has 102 valence electrons. The molecule has 0 spiro atoms. The molecule has 2 heterocycles. The Labute approximate surface area is 111 Å². The largest absolute Gasteiger partial charge is 0.473 e. The number of hydrogen-bond acceptors (Lipinski definition) is 7. The number of hydrogen-bond donors (Lipinski definition) is 2. The molecule has 1 aliphatic heterocycles. The van der Waals surface area contributed by atoms with E-state index in [0.717, 1.165) is 44.3 Å². The summed E-state index contributed by atoms with van der Waals surface area (Å²) in [6.45, 7) is 3.42. The van der Waals surface area contributed by atoms with Crippen LogP contribution < -0.4 is 10.1 Å². The number of nitrogens with one attached hydrogen (secondary N) is 1. The van der Waals surface area contributed by atoms with Crippen molar-refractivity contribution in [2.75, 3.05) is 32.9 Å². The maximum atomic E-state index is 9.72. The van der Waals surface area contributed by atoms with Crippen molar-refractivity contribution in [3.05, 3.63) is 6.20 Å². The summed E-state index contributed by atoms with van der Waals surface area (Å²) in [7, 11) is 0. The van der Waals surface area contributed by atoms with Gasteiger partial charge in [-0.15, -0.1) is 4.37 Å². The van der Waals surface area contributed by atoms with Crippen LogP contribution >= 0.6 is 11.7 Å². The van der Waals surface area contributed by atoms with Crippen molar-refractivity contribution >= 4 is 11.7 Å². The minimum Gasteiger partial charge on any atom is -0.473 e. The summed E-state index contributed by atoms with van der Waals surface area (Å²) in [6.07, 6.45) is 3.23. The van der Waals surface area contributed by atoms with E-state index in [4.69, 9.17) is 9.47 Å². The third kappa shape index (κ3) is 4.85. The van der Waals surface area contributed by atoms with Crippen LogP contribution in [0.2, 0.25) is 0 Å². The first kappa shape index (κ1) is 13.7. The monoisotopic (exact) mass is 273 g/mol. The summed E-state index contributed by atoms with van der Waals surface area (Å²) in [4.78, 5) is 0. The molecular formula is C11H19N3O3S. The Hall–Kier alpha value is -0.760. The van der Waals surface area contributed by atoms with Crippen LogP contribution in [-0.4, -0.2) is 52.9 Å². The highest BCUT2D eigenvalue weighted by atomic mass is 32.1. The van der Waals surface area contributed by atoms with Crippen LogP contribution in [-0.2, 0) is 4.74 Å². The SMILES string of the molecule is OC(CNCC1CCOCC1)COc1cnsn1. The first-order valence-corrected chi connectivity index (χ1v) is 6.94. The lowest BCUT2D eigenvalue weighted by molar-refractivity contribution is 0.0629. The Balaban J connectivity index is 1.52. The maximum Gasteiger partial charge on any atom is 0.245 e. The predicted molar refractivity (Wildman–Crippen MR) is 67.8 cm³/mol. The molecule has 0 aromatic carbocycles. The van der Waals surface area contributed by atoms with Gasteiger partial charge >= 0.3 is 0 Å². The standard InChI is InChI=1S/C11H19N3O3S/c15-10(8-17-11-7-13-18-14-11)6-12-5-9-1-3-16-4-2-9/h7,9-10,12,15H,1-6,8H2. The molecule has 0 saturated carbocycles. The summed E-state index contributed by atoms with van der Waals surface area (Å²) in [5.41, 5.74) is 0. The van der Waals surface area contributed by atoms with Crippen molar-refractivity contribution in [2.24, 2.45) is 5.92 Å². The van der Waals surface area contributed by atoms with E-state index >= 15 is 0 Å². The van der Waals surface area contributed by atoms with Gasteiger partial charge in [0.2, 0.25) is 5.88 Å². The average molecular weight is 273 g/mol. The van der Waals surface area contributed by atoms with Crippen LogP contribution in [0.1, 0.15) is 12.8 Å². The topological polar surface area (TPSA) is 76.5 Å². The number of rotatable bonds is 7. The average Bonchev–Trinajstić information content (AvgIpc) is 2.91. The van der Waals surface area contributed by atoms with E-state index in [9.17, 15) is 5.11 Å². The van der Waals surface area contributed by atoms with Gasteiger partial charge in [0.1, 0.15) is 18.9 Å². The summed E-state index contributed by atoms with van der Waals surface area (Å²) in [5.74, 6) is 1.14. The first-order valence-electron chi connectivity index (χ1n) is 6.21. The van der Waals surface area contributed by atoms with Gasteiger partial charge in [-0.1, -0.05) is 0 Å². The minimum absolute atomic E-state index is 0.242. The quantitative estimate of drug-likeness (QED) is 0.744. The van der Waals surface area contributed by atoms with Gasteiger partial charge in [-0.3, -0.25) is 0 Å². The van der Waals surface area contributed by atoms with Gasteiger partial charge in [0.25, 0.3) is 0 Å². The second-order valence-corrected chi connectivity index (χ2v) is 4.98. The fourth-order valence-corrected chi connectivity index (χ4v) is 2.23. The summed E-state index contributed by atoms with van der Waals surface area (Å²) < 4.78 is 18.3. The third-order valence-electron chi connectivity index (χ3n) is 2.92. The lowest BCUT2D eigenvalue weighted by Crippen LogP contribution is -2.35. The third-order valence-corrected chi connectivity index (χ3v) is 3.38. The van der Waals surface area contributed by atoms with Crippen LogP contribution in [0.25, 0.3) is 0 Å². The molecule has 1 aliphatic rings. The van der Waals surface area contributed by atoms with E-state index < -0.39 is 6.10 Å². The zero-order valence-electron chi connectivity index (χ0n) is 10.2. The zero-order chi connectivity index (χ0) is 12.6. The molecule has 18 heavy (non-hydrogen) atoms. The Morgan fingerprint density at radius 2 is 2.39 bits per heavy atom. The molecule has 2 N–H and O–H groups in total. The molecule has 0 aliphatic carbocycles. The molecule has 2 rings (SSSR count). The first-order chi connectivity index (χ1) is 8.84. The molecule has 0 amide bonds. The Morgan fingerprint density at radius 3 is 3.11 bits per heavy atom. The lowest BCUT2D eigenvalue weighted by atomic mass is 10.0. The molecule has 6 nitrogen and oxygen atoms in total. The molecule has 7 heteroatoms. The Morgan fingerprint density at radius 1 is 1.56 bits per heavy atom. The maximum absolute atomic E-state index is 9.72. The number of ether oxygens (including phenoxy) is 2. The minimum atomic E-state index is -0.522. The normalized spacial score (nSPS) is 18.7. The summed E-state index contributed by atoms with van der Waals surface area (Å²) >= 11 is 1.09. The molecule has 1 atom stereocenters. The van der Waals surface area contributed by atoms with Gasteiger partial charge in [-0.25, -0.2) is 0 Å². The van der Waals surface area contributed by atoms with E-state index in [1.165, 1.54) is 0 Å². The van der Waals surface area contributed by atoms with Gasteiger partial charge in [0, 0.05) is 19.8 Å². The van der Waals surface area contributed by atoms with Crippen LogP contribution in [0.3, 0.4) is 0 Å². The number of aliphatic hydroxyl groups excluding tert-OH is 1. The summed E-state index contributed by atoms with van der Waals surface area (Å²) in [6, 6.07) is 0. The van der Waals surface area contributed by atoms with Crippen molar-refractivity contribution in [3.63, 3.8) is 0 Å². The highest BCUT2D eigenvalue weighted by Gasteiger charge is 2.14. The van der Waals surface area contributed by atoms with Crippen molar-refractivity contribution in [2.45, 2.75) is 18.9 Å². The van der Waals surface area contributed by atoms with Gasteiger partial charge < -0.3 is 19.9 Å². The number of aliphatic hydroxyl groups is 1. The fraction of sp³-hybridized carbons (Fsp3) is 0.818. The van der Waals surface area contributed by atoms with E-state index in [2.05, 4.69) is 14.1 Å². The number of nitrogens with zero attached hydrogens (tertiary/aromatic N) is 2. The second kappa shape index (κ2) is 7.63. The predicted octanol–water partition coefficient (Wildman–Crippen LogP) is 0.294. The van der Waals surface area contributed by atoms with Gasteiger partial charge in [-0.05, 0) is 25.3 Å². The second-order valence-electron chi connectivity index (χ2n) is 4.42.